The van der Waals surface area contributed by atoms with E-state index < -0.39 is 0 Å². The Bertz CT molecular complexity index is 807. The summed E-state index contributed by atoms with van der Waals surface area (Å²) in [5.41, 5.74) is 1.19. The maximum absolute atomic E-state index is 13.1. The molecule has 0 saturated heterocycles. The second kappa shape index (κ2) is 7.86. The van der Waals surface area contributed by atoms with Crippen molar-refractivity contribution in [2.45, 2.75) is 65.5 Å². The molecule has 0 radical (unpaired) electrons. The van der Waals surface area contributed by atoms with Crippen molar-refractivity contribution < 1.29 is 18.4 Å². The standard InChI is InChI=1S/C22H30N2O4/c1-13-11-17(15(3)27-13)21(25)23(5)19-9-7-8-10-20(19)24(6)22(26)18-12-14(2)28-16(18)4/h11-12,19-20H,7-10H2,1-6H3/t19-,20-/m0/s1. The number of nitrogens with zero attached hydrogens (tertiary/aromatic N) is 2. The summed E-state index contributed by atoms with van der Waals surface area (Å²) in [5.74, 6) is 2.62. The highest BCUT2D eigenvalue weighted by Gasteiger charge is 2.37. The van der Waals surface area contributed by atoms with Crippen LogP contribution in [0.2, 0.25) is 0 Å². The average Bonchev–Trinajstić information content (AvgIpc) is 3.19. The van der Waals surface area contributed by atoms with Crippen LogP contribution in [0.5, 0.6) is 0 Å². The fourth-order valence-corrected chi connectivity index (χ4v) is 4.36. The fourth-order valence-electron chi connectivity index (χ4n) is 4.36. The van der Waals surface area contributed by atoms with Crippen molar-refractivity contribution in [3.63, 3.8) is 0 Å². The molecule has 152 valence electrons. The van der Waals surface area contributed by atoms with Crippen LogP contribution in [0.15, 0.2) is 21.0 Å². The first-order valence-electron chi connectivity index (χ1n) is 9.89. The molecule has 0 aromatic carbocycles. The van der Waals surface area contributed by atoms with Gasteiger partial charge in [0.05, 0.1) is 23.2 Å². The van der Waals surface area contributed by atoms with E-state index in [-0.39, 0.29) is 23.9 Å². The lowest BCUT2D eigenvalue weighted by atomic mass is 9.87. The fraction of sp³-hybridized carbons (Fsp3) is 0.545. The molecule has 3 rings (SSSR count). The van der Waals surface area contributed by atoms with E-state index in [1.807, 2.05) is 41.8 Å². The zero-order valence-electron chi connectivity index (χ0n) is 17.7. The molecule has 6 nitrogen and oxygen atoms in total. The minimum atomic E-state index is -0.0533. The van der Waals surface area contributed by atoms with Crippen molar-refractivity contribution in [3.05, 3.63) is 46.3 Å². The van der Waals surface area contributed by atoms with E-state index in [0.29, 0.717) is 22.6 Å². The molecule has 6 heteroatoms. The predicted octanol–water partition coefficient (Wildman–Crippen LogP) is 4.26. The molecule has 1 fully saturated rings. The topological polar surface area (TPSA) is 66.9 Å². The Morgan fingerprint density at radius 2 is 1.14 bits per heavy atom. The Morgan fingerprint density at radius 3 is 1.43 bits per heavy atom. The third-order valence-corrected chi connectivity index (χ3v) is 5.87. The summed E-state index contributed by atoms with van der Waals surface area (Å²) < 4.78 is 11.1. The number of carbonyl (C=O) groups excluding carboxylic acids is 2. The summed E-state index contributed by atoms with van der Waals surface area (Å²) in [4.78, 5) is 29.8. The van der Waals surface area contributed by atoms with Gasteiger partial charge in [0.2, 0.25) is 0 Å². The molecule has 2 amide bonds. The molecule has 0 aliphatic heterocycles. The number of hydrogen-bond acceptors (Lipinski definition) is 4. The first-order chi connectivity index (χ1) is 13.2. The van der Waals surface area contributed by atoms with Crippen molar-refractivity contribution in [1.29, 1.82) is 0 Å². The van der Waals surface area contributed by atoms with Crippen LogP contribution in [0.3, 0.4) is 0 Å². The monoisotopic (exact) mass is 386 g/mol. The van der Waals surface area contributed by atoms with Gasteiger partial charge in [0.1, 0.15) is 23.0 Å². The molecule has 0 unspecified atom stereocenters. The van der Waals surface area contributed by atoms with Crippen LogP contribution < -0.4 is 0 Å². The minimum Gasteiger partial charge on any atom is -0.466 e. The van der Waals surface area contributed by atoms with Gasteiger partial charge in [-0.1, -0.05) is 12.8 Å². The van der Waals surface area contributed by atoms with E-state index in [4.69, 9.17) is 8.83 Å². The van der Waals surface area contributed by atoms with E-state index in [9.17, 15) is 9.59 Å². The number of aryl methyl sites for hydroxylation is 4. The van der Waals surface area contributed by atoms with Crippen molar-refractivity contribution >= 4 is 11.8 Å². The van der Waals surface area contributed by atoms with Crippen molar-refractivity contribution in [3.8, 4) is 0 Å². The van der Waals surface area contributed by atoms with Crippen LogP contribution >= 0.6 is 0 Å². The van der Waals surface area contributed by atoms with Gasteiger partial charge in [0.25, 0.3) is 11.8 Å². The lowest BCUT2D eigenvalue weighted by Gasteiger charge is -2.42. The van der Waals surface area contributed by atoms with E-state index in [1.165, 1.54) is 0 Å². The smallest absolute Gasteiger partial charge is 0.257 e. The highest BCUT2D eigenvalue weighted by atomic mass is 16.3. The Hall–Kier alpha value is -2.50. The lowest BCUT2D eigenvalue weighted by molar-refractivity contribution is 0.0419. The molecule has 2 aromatic heterocycles. The Kier molecular flexibility index (Phi) is 5.68. The number of furan rings is 2. The zero-order valence-corrected chi connectivity index (χ0v) is 17.7. The minimum absolute atomic E-state index is 0.0295. The number of likely N-dealkylation sites (N-methyl/N-ethyl adjacent to an activating group) is 2. The van der Waals surface area contributed by atoms with Gasteiger partial charge in [-0.2, -0.15) is 0 Å². The summed E-state index contributed by atoms with van der Waals surface area (Å²) >= 11 is 0. The number of rotatable bonds is 4. The average molecular weight is 386 g/mol. The second-order valence-electron chi connectivity index (χ2n) is 7.91. The van der Waals surface area contributed by atoms with E-state index in [1.54, 1.807) is 21.9 Å². The summed E-state index contributed by atoms with van der Waals surface area (Å²) in [6, 6.07) is 3.52. The summed E-state index contributed by atoms with van der Waals surface area (Å²) in [5, 5.41) is 0. The summed E-state index contributed by atoms with van der Waals surface area (Å²) in [6.45, 7) is 7.31. The zero-order chi connectivity index (χ0) is 20.6. The molecule has 1 saturated carbocycles. The molecule has 2 atom stereocenters. The van der Waals surface area contributed by atoms with Gasteiger partial charge in [-0.05, 0) is 52.7 Å². The van der Waals surface area contributed by atoms with Gasteiger partial charge in [-0.3, -0.25) is 9.59 Å². The Balaban J connectivity index is 1.83. The van der Waals surface area contributed by atoms with Crippen molar-refractivity contribution in [1.82, 2.24) is 9.80 Å². The SMILES string of the molecule is Cc1cc(C(=O)N(C)[C@H]2CCCC[C@@H]2N(C)C(=O)c2cc(C)oc2C)c(C)o1. The van der Waals surface area contributed by atoms with E-state index in [2.05, 4.69) is 0 Å². The molecular formula is C22H30N2O4. The highest BCUT2D eigenvalue weighted by Crippen LogP contribution is 2.29. The van der Waals surface area contributed by atoms with E-state index >= 15 is 0 Å². The molecule has 1 aliphatic carbocycles. The normalized spacial score (nSPS) is 19.5. The lowest BCUT2D eigenvalue weighted by Crippen LogP contribution is -2.54. The largest absolute Gasteiger partial charge is 0.466 e. The molecular weight excluding hydrogens is 356 g/mol. The van der Waals surface area contributed by atoms with Gasteiger partial charge in [-0.25, -0.2) is 0 Å². The van der Waals surface area contributed by atoms with Gasteiger partial charge >= 0.3 is 0 Å². The van der Waals surface area contributed by atoms with Gasteiger partial charge in [0.15, 0.2) is 0 Å². The number of hydrogen-bond donors (Lipinski definition) is 0. The molecule has 0 N–H and O–H groups in total. The quantitative estimate of drug-likeness (QED) is 0.787. The summed E-state index contributed by atoms with van der Waals surface area (Å²) in [6.07, 6.45) is 3.86. The first-order valence-corrected chi connectivity index (χ1v) is 9.89. The van der Waals surface area contributed by atoms with Crippen molar-refractivity contribution in [2.24, 2.45) is 0 Å². The molecule has 2 aromatic rings. The first kappa shape index (κ1) is 20.2. The van der Waals surface area contributed by atoms with Crippen LogP contribution in [0.4, 0.5) is 0 Å². The van der Waals surface area contributed by atoms with Gasteiger partial charge < -0.3 is 18.6 Å². The molecule has 0 bridgehead atoms. The maximum Gasteiger partial charge on any atom is 0.257 e. The number of amides is 2. The second-order valence-corrected chi connectivity index (χ2v) is 7.91. The Morgan fingerprint density at radius 1 is 0.786 bits per heavy atom. The maximum atomic E-state index is 13.1. The van der Waals surface area contributed by atoms with Crippen LogP contribution in [-0.2, 0) is 0 Å². The Labute approximate surface area is 166 Å². The van der Waals surface area contributed by atoms with Crippen LogP contribution in [-0.4, -0.2) is 47.8 Å². The van der Waals surface area contributed by atoms with Gasteiger partial charge in [0, 0.05) is 14.1 Å². The highest BCUT2D eigenvalue weighted by molar-refractivity contribution is 5.96. The number of carbonyl (C=O) groups is 2. The molecule has 2 heterocycles. The van der Waals surface area contributed by atoms with Crippen molar-refractivity contribution in [2.75, 3.05) is 14.1 Å². The van der Waals surface area contributed by atoms with Crippen LogP contribution in [0, 0.1) is 27.7 Å². The van der Waals surface area contributed by atoms with Gasteiger partial charge in [-0.15, -0.1) is 0 Å². The molecule has 28 heavy (non-hydrogen) atoms. The van der Waals surface area contributed by atoms with Crippen LogP contribution in [0.1, 0.15) is 69.4 Å². The van der Waals surface area contributed by atoms with E-state index in [0.717, 1.165) is 37.2 Å². The van der Waals surface area contributed by atoms with Crippen LogP contribution in [0.25, 0.3) is 0 Å². The third-order valence-electron chi connectivity index (χ3n) is 5.87. The molecule has 1 aliphatic rings. The third kappa shape index (κ3) is 3.73. The molecule has 0 spiro atoms. The predicted molar refractivity (Wildman–Crippen MR) is 107 cm³/mol. The summed E-state index contributed by atoms with van der Waals surface area (Å²) in [7, 11) is 3.66.